The van der Waals surface area contributed by atoms with Crippen molar-refractivity contribution in [1.82, 2.24) is 0 Å². The molecule has 0 heterocycles. The third-order valence-electron chi connectivity index (χ3n) is 2.42. The smallest absolute Gasteiger partial charge is 0.323 e. The van der Waals surface area contributed by atoms with Crippen molar-refractivity contribution >= 4 is 11.9 Å². The van der Waals surface area contributed by atoms with Crippen LogP contribution in [0.4, 0.5) is 0 Å². The van der Waals surface area contributed by atoms with Crippen molar-refractivity contribution in [2.45, 2.75) is 39.5 Å². The first kappa shape index (κ1) is 14.4. The van der Waals surface area contributed by atoms with Crippen LogP contribution >= 0.6 is 0 Å². The lowest BCUT2D eigenvalue weighted by molar-refractivity contribution is -0.169. The van der Waals surface area contributed by atoms with Crippen LogP contribution in [0.1, 0.15) is 39.5 Å². The summed E-state index contributed by atoms with van der Waals surface area (Å²) in [4.78, 5) is 22.9. The van der Waals surface area contributed by atoms with Crippen molar-refractivity contribution in [3.05, 3.63) is 0 Å². The number of hydrogen-bond donors (Lipinski definition) is 1. The number of esters is 1. The molecule has 0 bridgehead atoms. The van der Waals surface area contributed by atoms with Crippen LogP contribution in [0, 0.1) is 16.7 Å². The molecule has 5 heteroatoms. The summed E-state index contributed by atoms with van der Waals surface area (Å²) in [6.45, 7) is 3.56. The van der Waals surface area contributed by atoms with Crippen LogP contribution in [-0.2, 0) is 14.3 Å². The zero-order valence-corrected chi connectivity index (χ0v) is 9.65. The molecule has 0 rings (SSSR count). The molecule has 0 amide bonds. The van der Waals surface area contributed by atoms with E-state index >= 15 is 0 Å². The van der Waals surface area contributed by atoms with Gasteiger partial charge in [0.05, 0.1) is 12.7 Å². The van der Waals surface area contributed by atoms with Crippen LogP contribution in [0.3, 0.4) is 0 Å². The maximum Gasteiger partial charge on any atom is 0.323 e. The number of rotatable bonds is 7. The van der Waals surface area contributed by atoms with Crippen molar-refractivity contribution in [3.8, 4) is 6.07 Å². The lowest BCUT2D eigenvalue weighted by Gasteiger charge is -2.25. The quantitative estimate of drug-likeness (QED) is 0.528. The predicted molar refractivity (Wildman–Crippen MR) is 56.5 cm³/mol. The van der Waals surface area contributed by atoms with E-state index in [1.165, 1.54) is 0 Å². The van der Waals surface area contributed by atoms with E-state index < -0.39 is 17.4 Å². The molecule has 0 radical (unpaired) electrons. The fraction of sp³-hybridized carbons (Fsp3) is 0.727. The van der Waals surface area contributed by atoms with Gasteiger partial charge in [-0.2, -0.15) is 5.26 Å². The molecule has 0 saturated heterocycles. The number of carbonyl (C=O) groups is 2. The first-order valence-electron chi connectivity index (χ1n) is 5.32. The van der Waals surface area contributed by atoms with Crippen molar-refractivity contribution in [1.29, 1.82) is 5.26 Å². The second kappa shape index (κ2) is 6.83. The number of carboxylic acid groups (broad SMARTS) is 1. The Morgan fingerprint density at radius 2 is 2.00 bits per heavy atom. The Balaban J connectivity index is 5.00. The van der Waals surface area contributed by atoms with Crippen LogP contribution in [0.25, 0.3) is 0 Å². The summed E-state index contributed by atoms with van der Waals surface area (Å²) < 4.78 is 4.79. The highest BCUT2D eigenvalue weighted by Gasteiger charge is 2.46. The number of nitriles is 1. The Morgan fingerprint density at radius 3 is 2.38 bits per heavy atom. The van der Waals surface area contributed by atoms with Gasteiger partial charge >= 0.3 is 11.9 Å². The molecule has 0 aliphatic carbocycles. The normalized spacial score (nSPS) is 13.6. The number of ether oxygens (including phenoxy) is 1. The van der Waals surface area contributed by atoms with Crippen LogP contribution in [0.5, 0.6) is 0 Å². The average molecular weight is 227 g/mol. The molecule has 5 nitrogen and oxygen atoms in total. The van der Waals surface area contributed by atoms with E-state index in [1.54, 1.807) is 13.8 Å². The van der Waals surface area contributed by atoms with Crippen molar-refractivity contribution < 1.29 is 19.4 Å². The molecule has 1 atom stereocenters. The molecule has 0 aliphatic rings. The highest BCUT2D eigenvalue weighted by atomic mass is 16.5. The number of carbonyl (C=O) groups excluding carboxylic acids is 1. The summed E-state index contributed by atoms with van der Waals surface area (Å²) >= 11 is 0. The van der Waals surface area contributed by atoms with Crippen molar-refractivity contribution in [2.24, 2.45) is 5.41 Å². The lowest BCUT2D eigenvalue weighted by Crippen LogP contribution is -2.40. The van der Waals surface area contributed by atoms with Gasteiger partial charge in [0.25, 0.3) is 0 Å². The lowest BCUT2D eigenvalue weighted by atomic mass is 9.79. The Morgan fingerprint density at radius 1 is 1.38 bits per heavy atom. The van der Waals surface area contributed by atoms with E-state index in [0.717, 1.165) is 0 Å². The maximum absolute atomic E-state index is 11.7. The predicted octanol–water partition coefficient (Wildman–Crippen LogP) is 1.72. The molecule has 0 aliphatic heterocycles. The van der Waals surface area contributed by atoms with Gasteiger partial charge < -0.3 is 9.84 Å². The average Bonchev–Trinajstić information content (AvgIpc) is 2.24. The third kappa shape index (κ3) is 3.23. The van der Waals surface area contributed by atoms with Gasteiger partial charge in [-0.1, -0.05) is 13.3 Å². The zero-order valence-electron chi connectivity index (χ0n) is 9.65. The van der Waals surface area contributed by atoms with E-state index in [4.69, 9.17) is 15.1 Å². The molecular weight excluding hydrogens is 210 g/mol. The first-order valence-corrected chi connectivity index (χ1v) is 5.32. The van der Waals surface area contributed by atoms with Gasteiger partial charge in [-0.3, -0.25) is 9.59 Å². The second-order valence-corrected chi connectivity index (χ2v) is 3.52. The number of aliphatic carboxylic acids is 1. The first-order chi connectivity index (χ1) is 7.55. The highest BCUT2D eigenvalue weighted by Crippen LogP contribution is 2.32. The van der Waals surface area contributed by atoms with Crippen LogP contribution in [0.2, 0.25) is 0 Å². The minimum Gasteiger partial charge on any atom is -0.480 e. The fourth-order valence-corrected chi connectivity index (χ4v) is 1.60. The van der Waals surface area contributed by atoms with Crippen LogP contribution < -0.4 is 0 Å². The Hall–Kier alpha value is -1.57. The summed E-state index contributed by atoms with van der Waals surface area (Å²) in [6, 6.07) is 1.86. The SMILES string of the molecule is CCCC(CCC#N)(C(=O)O)C(=O)OCC. The Kier molecular flexibility index (Phi) is 6.16. The standard InChI is InChI=1S/C11H17NO4/c1-3-6-11(9(13)14,7-5-8-12)10(15)16-4-2/h3-7H2,1-2H3,(H,13,14). The van der Waals surface area contributed by atoms with Gasteiger partial charge in [0.15, 0.2) is 5.41 Å². The summed E-state index contributed by atoms with van der Waals surface area (Å²) in [6.07, 6.45) is 0.788. The Labute approximate surface area is 95.0 Å². The molecular formula is C11H17NO4. The van der Waals surface area contributed by atoms with E-state index in [0.29, 0.717) is 6.42 Å². The molecule has 0 spiro atoms. The summed E-state index contributed by atoms with van der Waals surface area (Å²) in [5, 5.41) is 17.7. The third-order valence-corrected chi connectivity index (χ3v) is 2.42. The summed E-state index contributed by atoms with van der Waals surface area (Å²) in [7, 11) is 0. The molecule has 0 aromatic rings. The summed E-state index contributed by atoms with van der Waals surface area (Å²) in [5.41, 5.74) is -1.56. The van der Waals surface area contributed by atoms with Gasteiger partial charge in [0.1, 0.15) is 0 Å². The monoisotopic (exact) mass is 227 g/mol. The zero-order chi connectivity index (χ0) is 12.6. The van der Waals surface area contributed by atoms with Crippen LogP contribution in [-0.4, -0.2) is 23.7 Å². The minimum atomic E-state index is -1.56. The van der Waals surface area contributed by atoms with Crippen LogP contribution in [0.15, 0.2) is 0 Å². The molecule has 1 unspecified atom stereocenters. The molecule has 90 valence electrons. The minimum absolute atomic E-state index is 0.00546. The molecule has 1 N–H and O–H groups in total. The van der Waals surface area contributed by atoms with Gasteiger partial charge in [0, 0.05) is 6.42 Å². The molecule has 0 fully saturated rings. The van der Waals surface area contributed by atoms with E-state index in [1.807, 2.05) is 6.07 Å². The molecule has 0 saturated carbocycles. The van der Waals surface area contributed by atoms with Gasteiger partial charge in [-0.15, -0.1) is 0 Å². The van der Waals surface area contributed by atoms with Gasteiger partial charge in [-0.25, -0.2) is 0 Å². The Bertz CT molecular complexity index is 295. The molecule has 16 heavy (non-hydrogen) atoms. The summed E-state index contributed by atoms with van der Waals surface area (Å²) in [5.74, 6) is -1.94. The van der Waals surface area contributed by atoms with E-state index in [2.05, 4.69) is 0 Å². The molecule has 0 aromatic heterocycles. The number of hydrogen-bond acceptors (Lipinski definition) is 4. The topological polar surface area (TPSA) is 87.4 Å². The van der Waals surface area contributed by atoms with Gasteiger partial charge in [-0.05, 0) is 19.8 Å². The van der Waals surface area contributed by atoms with Gasteiger partial charge in [0.2, 0.25) is 0 Å². The van der Waals surface area contributed by atoms with Crippen molar-refractivity contribution in [3.63, 3.8) is 0 Å². The number of nitrogens with zero attached hydrogens (tertiary/aromatic N) is 1. The van der Waals surface area contributed by atoms with E-state index in [-0.39, 0.29) is 25.9 Å². The largest absolute Gasteiger partial charge is 0.480 e. The fourth-order valence-electron chi connectivity index (χ4n) is 1.60. The van der Waals surface area contributed by atoms with E-state index in [9.17, 15) is 9.59 Å². The molecule has 0 aromatic carbocycles. The second-order valence-electron chi connectivity index (χ2n) is 3.52. The number of carboxylic acids is 1. The maximum atomic E-state index is 11.7. The van der Waals surface area contributed by atoms with Crippen molar-refractivity contribution in [2.75, 3.05) is 6.61 Å². The highest BCUT2D eigenvalue weighted by molar-refractivity contribution is 5.99.